The molecule has 0 aliphatic rings. The van der Waals surface area contributed by atoms with Crippen LogP contribution < -0.4 is 10.6 Å². The lowest BCUT2D eigenvalue weighted by atomic mass is 10.2. The summed E-state index contributed by atoms with van der Waals surface area (Å²) in [6.45, 7) is 0.224. The Morgan fingerprint density at radius 1 is 1.22 bits per heavy atom. The van der Waals surface area contributed by atoms with E-state index in [1.807, 2.05) is 0 Å². The number of nitro groups is 1. The molecule has 0 bridgehead atoms. The van der Waals surface area contributed by atoms with Gasteiger partial charge in [-0.3, -0.25) is 14.9 Å². The fraction of sp³-hybridized carbons (Fsp3) is 0.188. The second kappa shape index (κ2) is 8.23. The first kappa shape index (κ1) is 20.5. The number of carbonyl (C=O) groups is 1. The minimum Gasteiger partial charge on any atom is -0.507 e. The molecule has 0 aliphatic heterocycles. The molecule has 0 saturated carbocycles. The van der Waals surface area contributed by atoms with Crippen molar-refractivity contribution < 1.29 is 23.2 Å². The zero-order valence-corrected chi connectivity index (χ0v) is 15.7. The van der Waals surface area contributed by atoms with Crippen LogP contribution >= 0.6 is 11.6 Å². The number of phenols is 1. The number of phenolic OH excluding ortho intramolecular Hbond substituents is 1. The number of amides is 1. The summed E-state index contributed by atoms with van der Waals surface area (Å²) in [5.41, 5.74) is -0.269. The largest absolute Gasteiger partial charge is 0.507 e. The molecule has 2 rings (SSSR count). The van der Waals surface area contributed by atoms with Gasteiger partial charge in [-0.25, -0.2) is 8.42 Å². The number of aromatic hydroxyl groups is 1. The van der Waals surface area contributed by atoms with Gasteiger partial charge in [0, 0.05) is 30.4 Å². The normalized spacial score (nSPS) is 11.0. The average molecular weight is 414 g/mol. The minimum absolute atomic E-state index is 0.00554. The van der Waals surface area contributed by atoms with Crippen LogP contribution in [-0.2, 0) is 9.84 Å². The Labute approximate surface area is 160 Å². The standard InChI is InChI=1S/C16H16ClN3O6S/c1-27(25,26)11-3-4-13(14(9-11)20(23)24)18-6-7-19-16(22)12-8-10(17)2-5-15(12)21/h2-5,8-9,18,21H,6-7H2,1H3,(H,19,22). The fourth-order valence-electron chi connectivity index (χ4n) is 2.20. The van der Waals surface area contributed by atoms with Gasteiger partial charge in [-0.1, -0.05) is 11.6 Å². The van der Waals surface area contributed by atoms with Crippen molar-refractivity contribution in [3.8, 4) is 5.75 Å². The van der Waals surface area contributed by atoms with Gasteiger partial charge in [0.05, 0.1) is 15.4 Å². The van der Waals surface area contributed by atoms with Crippen molar-refractivity contribution in [3.05, 3.63) is 57.1 Å². The second-order valence-electron chi connectivity index (χ2n) is 5.55. The predicted octanol–water partition coefficient (Wildman–Crippen LogP) is 2.20. The second-order valence-corrected chi connectivity index (χ2v) is 8.00. The number of nitro benzene ring substituents is 1. The number of hydrogen-bond donors (Lipinski definition) is 3. The van der Waals surface area contributed by atoms with Crippen LogP contribution in [0.15, 0.2) is 41.3 Å². The highest BCUT2D eigenvalue weighted by atomic mass is 35.5. The molecule has 9 nitrogen and oxygen atoms in total. The highest BCUT2D eigenvalue weighted by Crippen LogP contribution is 2.27. The lowest BCUT2D eigenvalue weighted by Crippen LogP contribution is -2.28. The SMILES string of the molecule is CS(=O)(=O)c1ccc(NCCNC(=O)c2cc(Cl)ccc2O)c([N+](=O)[O-])c1. The molecule has 0 aromatic heterocycles. The molecule has 0 aliphatic carbocycles. The predicted molar refractivity (Wildman–Crippen MR) is 100 cm³/mol. The topological polar surface area (TPSA) is 139 Å². The lowest BCUT2D eigenvalue weighted by molar-refractivity contribution is -0.384. The lowest BCUT2D eigenvalue weighted by Gasteiger charge is -2.10. The smallest absolute Gasteiger partial charge is 0.293 e. The maximum absolute atomic E-state index is 12.0. The van der Waals surface area contributed by atoms with E-state index in [4.69, 9.17) is 11.6 Å². The molecule has 0 unspecified atom stereocenters. The van der Waals surface area contributed by atoms with E-state index in [9.17, 15) is 28.4 Å². The van der Waals surface area contributed by atoms with Crippen molar-refractivity contribution in [3.63, 3.8) is 0 Å². The van der Waals surface area contributed by atoms with Crippen LogP contribution in [0.1, 0.15) is 10.4 Å². The van der Waals surface area contributed by atoms with Gasteiger partial charge in [-0.2, -0.15) is 0 Å². The van der Waals surface area contributed by atoms with Crippen molar-refractivity contribution in [2.24, 2.45) is 0 Å². The van der Waals surface area contributed by atoms with E-state index in [0.29, 0.717) is 0 Å². The third-order valence-electron chi connectivity index (χ3n) is 3.52. The number of nitrogens with zero attached hydrogens (tertiary/aromatic N) is 1. The van der Waals surface area contributed by atoms with Crippen LogP contribution in [0.4, 0.5) is 11.4 Å². The number of nitrogens with one attached hydrogen (secondary N) is 2. The quantitative estimate of drug-likeness (QED) is 0.359. The molecule has 0 heterocycles. The Kier molecular flexibility index (Phi) is 6.24. The van der Waals surface area contributed by atoms with Crippen LogP contribution in [-0.4, -0.2) is 43.7 Å². The van der Waals surface area contributed by atoms with Crippen molar-refractivity contribution in [2.75, 3.05) is 24.7 Å². The fourth-order valence-corrected chi connectivity index (χ4v) is 3.01. The summed E-state index contributed by atoms with van der Waals surface area (Å²) < 4.78 is 23.0. The van der Waals surface area contributed by atoms with Crippen LogP contribution in [0, 0.1) is 10.1 Å². The average Bonchev–Trinajstić information content (AvgIpc) is 2.59. The molecule has 0 radical (unpaired) electrons. The highest BCUT2D eigenvalue weighted by Gasteiger charge is 2.18. The summed E-state index contributed by atoms with van der Waals surface area (Å²) in [4.78, 5) is 22.3. The monoisotopic (exact) mass is 413 g/mol. The van der Waals surface area contributed by atoms with E-state index in [2.05, 4.69) is 10.6 Å². The first-order chi connectivity index (χ1) is 12.6. The summed E-state index contributed by atoms with van der Waals surface area (Å²) in [5.74, 6) is -0.782. The number of rotatable bonds is 7. The number of sulfone groups is 1. The van der Waals surface area contributed by atoms with Crippen molar-refractivity contribution in [1.29, 1.82) is 0 Å². The van der Waals surface area contributed by atoms with Crippen molar-refractivity contribution >= 4 is 38.7 Å². The summed E-state index contributed by atoms with van der Waals surface area (Å²) in [6.07, 6.45) is 0.958. The molecular weight excluding hydrogens is 398 g/mol. The third kappa shape index (κ3) is 5.31. The summed E-state index contributed by atoms with van der Waals surface area (Å²) in [6, 6.07) is 7.57. The molecule has 144 valence electrons. The minimum atomic E-state index is -3.57. The Balaban J connectivity index is 2.02. The van der Waals surface area contributed by atoms with E-state index in [1.54, 1.807) is 0 Å². The molecule has 2 aromatic carbocycles. The van der Waals surface area contributed by atoms with Gasteiger partial charge in [-0.05, 0) is 30.3 Å². The van der Waals surface area contributed by atoms with Crippen LogP contribution in [0.25, 0.3) is 0 Å². The van der Waals surface area contributed by atoms with Gasteiger partial charge >= 0.3 is 0 Å². The van der Waals surface area contributed by atoms with Gasteiger partial charge in [0.1, 0.15) is 11.4 Å². The van der Waals surface area contributed by atoms with Crippen LogP contribution in [0.2, 0.25) is 5.02 Å². The van der Waals surface area contributed by atoms with Crippen molar-refractivity contribution in [2.45, 2.75) is 4.90 Å². The number of benzene rings is 2. The van der Waals surface area contributed by atoms with Gasteiger partial charge in [0.2, 0.25) is 0 Å². The Morgan fingerprint density at radius 3 is 2.56 bits per heavy atom. The zero-order valence-electron chi connectivity index (χ0n) is 14.1. The number of halogens is 1. The van der Waals surface area contributed by atoms with E-state index in [0.717, 1.165) is 12.3 Å². The van der Waals surface area contributed by atoms with E-state index >= 15 is 0 Å². The maximum Gasteiger partial charge on any atom is 0.293 e. The van der Waals surface area contributed by atoms with Gasteiger partial charge < -0.3 is 15.7 Å². The molecule has 0 spiro atoms. The molecular formula is C16H16ClN3O6S. The highest BCUT2D eigenvalue weighted by molar-refractivity contribution is 7.90. The summed E-state index contributed by atoms with van der Waals surface area (Å²) >= 11 is 5.78. The van der Waals surface area contributed by atoms with E-state index in [1.165, 1.54) is 30.3 Å². The van der Waals surface area contributed by atoms with Crippen LogP contribution in [0.3, 0.4) is 0 Å². The molecule has 0 saturated heterocycles. The summed E-state index contributed by atoms with van der Waals surface area (Å²) in [5, 5.41) is 26.4. The number of carbonyl (C=O) groups excluding carboxylic acids is 1. The van der Waals surface area contributed by atoms with E-state index < -0.39 is 26.4 Å². The third-order valence-corrected chi connectivity index (χ3v) is 4.87. The Morgan fingerprint density at radius 2 is 1.93 bits per heavy atom. The Bertz CT molecular complexity index is 994. The Hall–Kier alpha value is -2.85. The van der Waals surface area contributed by atoms with Crippen molar-refractivity contribution in [1.82, 2.24) is 5.32 Å². The number of anilines is 1. The van der Waals surface area contributed by atoms with Crippen LogP contribution in [0.5, 0.6) is 5.75 Å². The first-order valence-electron chi connectivity index (χ1n) is 7.58. The molecule has 0 fully saturated rings. The molecule has 1 amide bonds. The molecule has 11 heteroatoms. The zero-order chi connectivity index (χ0) is 20.2. The number of hydrogen-bond acceptors (Lipinski definition) is 7. The maximum atomic E-state index is 12.0. The summed E-state index contributed by atoms with van der Waals surface area (Å²) in [7, 11) is -3.57. The van der Waals surface area contributed by atoms with Gasteiger partial charge in [-0.15, -0.1) is 0 Å². The molecule has 3 N–H and O–H groups in total. The van der Waals surface area contributed by atoms with Gasteiger partial charge in [0.15, 0.2) is 9.84 Å². The molecule has 2 aromatic rings. The first-order valence-corrected chi connectivity index (χ1v) is 9.85. The van der Waals surface area contributed by atoms with E-state index in [-0.39, 0.29) is 40.0 Å². The molecule has 0 atom stereocenters. The van der Waals surface area contributed by atoms with Gasteiger partial charge in [0.25, 0.3) is 11.6 Å². The molecule has 27 heavy (non-hydrogen) atoms.